The van der Waals surface area contributed by atoms with Gasteiger partial charge in [-0.25, -0.2) is 0 Å². The summed E-state index contributed by atoms with van der Waals surface area (Å²) in [5.74, 6) is -0.146. The molecular formula is C5H8BrNO. The monoisotopic (exact) mass is 177 g/mol. The lowest BCUT2D eigenvalue weighted by molar-refractivity contribution is -0.116. The van der Waals surface area contributed by atoms with Crippen molar-refractivity contribution >= 4 is 21.8 Å². The third-order valence-corrected chi connectivity index (χ3v) is 0.944. The summed E-state index contributed by atoms with van der Waals surface area (Å²) in [7, 11) is 0. The number of hydrogen-bond donors (Lipinski definition) is 1. The van der Waals surface area contributed by atoms with E-state index in [1.165, 1.54) is 0 Å². The molecule has 0 aliphatic carbocycles. The summed E-state index contributed by atoms with van der Waals surface area (Å²) < 4.78 is 0.374. The zero-order valence-corrected chi connectivity index (χ0v) is 6.29. The normalized spacial score (nSPS) is 8.25. The molecule has 0 spiro atoms. The van der Waals surface area contributed by atoms with Crippen LogP contribution in [0.5, 0.6) is 0 Å². The van der Waals surface area contributed by atoms with Crippen LogP contribution in [0.2, 0.25) is 0 Å². The molecule has 0 saturated carbocycles. The molecule has 46 valence electrons. The van der Waals surface area contributed by atoms with Crippen molar-refractivity contribution in [3.8, 4) is 0 Å². The topological polar surface area (TPSA) is 29.1 Å². The van der Waals surface area contributed by atoms with Gasteiger partial charge >= 0.3 is 0 Å². The van der Waals surface area contributed by atoms with E-state index in [0.29, 0.717) is 11.0 Å². The molecule has 0 aromatic rings. The van der Waals surface area contributed by atoms with E-state index < -0.39 is 0 Å². The average molecular weight is 178 g/mol. The van der Waals surface area contributed by atoms with Crippen molar-refractivity contribution < 1.29 is 4.79 Å². The highest BCUT2D eigenvalue weighted by Crippen LogP contribution is 1.97. The van der Waals surface area contributed by atoms with Gasteiger partial charge in [-0.3, -0.25) is 4.79 Å². The third kappa shape index (κ3) is 2.80. The van der Waals surface area contributed by atoms with Gasteiger partial charge in [-0.1, -0.05) is 6.58 Å². The second-order valence-electron chi connectivity index (χ2n) is 1.26. The summed E-state index contributed by atoms with van der Waals surface area (Å²) in [5.41, 5.74) is 0. The first kappa shape index (κ1) is 7.69. The second kappa shape index (κ2) is 3.66. The zero-order chi connectivity index (χ0) is 6.57. The lowest BCUT2D eigenvalue weighted by Crippen LogP contribution is -2.21. The largest absolute Gasteiger partial charge is 0.352 e. The lowest BCUT2D eigenvalue weighted by atomic mass is 10.6. The number of halogens is 1. The molecular weight excluding hydrogens is 170 g/mol. The van der Waals surface area contributed by atoms with Gasteiger partial charge in [0.25, 0.3) is 5.91 Å². The van der Waals surface area contributed by atoms with Crippen LogP contribution in [0.3, 0.4) is 0 Å². The molecule has 0 bridgehead atoms. The Kier molecular flexibility index (Phi) is 3.52. The van der Waals surface area contributed by atoms with Crippen LogP contribution in [-0.4, -0.2) is 12.5 Å². The molecule has 0 aliphatic rings. The molecule has 0 rings (SSSR count). The molecule has 3 heteroatoms. The quantitative estimate of drug-likeness (QED) is 0.628. The fourth-order valence-corrected chi connectivity index (χ4v) is 0.397. The van der Waals surface area contributed by atoms with E-state index in [1.54, 1.807) is 0 Å². The van der Waals surface area contributed by atoms with Crippen LogP contribution in [0.25, 0.3) is 0 Å². The standard InChI is InChI=1S/C5H8BrNO/c1-3-7-5(8)4(2)6/h2-3H2,1H3,(H,7,8). The van der Waals surface area contributed by atoms with Gasteiger partial charge in [-0.2, -0.15) is 0 Å². The summed E-state index contributed by atoms with van der Waals surface area (Å²) in [5, 5.41) is 2.56. The highest BCUT2D eigenvalue weighted by atomic mass is 79.9. The fraction of sp³-hybridized carbons (Fsp3) is 0.400. The van der Waals surface area contributed by atoms with Gasteiger partial charge in [0.1, 0.15) is 0 Å². The Morgan fingerprint density at radius 2 is 2.38 bits per heavy atom. The molecule has 2 nitrogen and oxygen atoms in total. The van der Waals surface area contributed by atoms with Crippen molar-refractivity contribution in [1.82, 2.24) is 5.32 Å². The second-order valence-corrected chi connectivity index (χ2v) is 2.22. The van der Waals surface area contributed by atoms with Crippen LogP contribution in [0.4, 0.5) is 0 Å². The molecule has 0 aliphatic heterocycles. The van der Waals surface area contributed by atoms with E-state index in [2.05, 4.69) is 27.8 Å². The molecule has 8 heavy (non-hydrogen) atoms. The molecule has 0 fully saturated rings. The molecule has 1 N–H and O–H groups in total. The van der Waals surface area contributed by atoms with E-state index in [4.69, 9.17) is 0 Å². The SMILES string of the molecule is C=C(Br)C(=O)NCC. The predicted octanol–water partition coefficient (Wildman–Crippen LogP) is 1.03. The lowest BCUT2D eigenvalue weighted by Gasteiger charge is -1.95. The maximum atomic E-state index is 10.5. The third-order valence-electron chi connectivity index (χ3n) is 0.584. The van der Waals surface area contributed by atoms with Crippen molar-refractivity contribution in [1.29, 1.82) is 0 Å². The molecule has 0 saturated heterocycles. The van der Waals surface area contributed by atoms with Crippen LogP contribution >= 0.6 is 15.9 Å². The Labute approximate surface area is 57.1 Å². The van der Waals surface area contributed by atoms with Crippen molar-refractivity contribution in [2.24, 2.45) is 0 Å². The maximum absolute atomic E-state index is 10.5. The molecule has 1 amide bonds. The van der Waals surface area contributed by atoms with Gasteiger partial charge in [-0.15, -0.1) is 0 Å². The highest BCUT2D eigenvalue weighted by molar-refractivity contribution is 9.12. The summed E-state index contributed by atoms with van der Waals surface area (Å²) >= 11 is 2.93. The van der Waals surface area contributed by atoms with Crippen molar-refractivity contribution in [2.45, 2.75) is 6.92 Å². The minimum atomic E-state index is -0.146. The molecule has 0 atom stereocenters. The molecule has 0 radical (unpaired) electrons. The molecule has 0 unspecified atom stereocenters. The van der Waals surface area contributed by atoms with Gasteiger partial charge in [0, 0.05) is 6.54 Å². The molecule has 0 aromatic heterocycles. The summed E-state index contributed by atoms with van der Waals surface area (Å²) in [6, 6.07) is 0. The summed E-state index contributed by atoms with van der Waals surface area (Å²) in [6.45, 7) is 5.88. The first-order chi connectivity index (χ1) is 3.68. The molecule has 0 aromatic carbocycles. The van der Waals surface area contributed by atoms with Crippen LogP contribution < -0.4 is 5.32 Å². The van der Waals surface area contributed by atoms with Crippen LogP contribution in [-0.2, 0) is 4.79 Å². The fourth-order valence-electron chi connectivity index (χ4n) is 0.256. The Bertz CT molecular complexity index is 111. The number of carbonyl (C=O) groups excluding carboxylic acids is 1. The van der Waals surface area contributed by atoms with Crippen LogP contribution in [0.1, 0.15) is 6.92 Å². The van der Waals surface area contributed by atoms with Crippen molar-refractivity contribution in [3.63, 3.8) is 0 Å². The Morgan fingerprint density at radius 3 is 2.50 bits per heavy atom. The van der Waals surface area contributed by atoms with Crippen LogP contribution in [0, 0.1) is 0 Å². The Morgan fingerprint density at radius 1 is 1.88 bits per heavy atom. The van der Waals surface area contributed by atoms with E-state index in [9.17, 15) is 4.79 Å². The van der Waals surface area contributed by atoms with E-state index >= 15 is 0 Å². The van der Waals surface area contributed by atoms with E-state index in [1.807, 2.05) is 6.92 Å². The number of carbonyl (C=O) groups is 1. The van der Waals surface area contributed by atoms with Gasteiger partial charge in [0.15, 0.2) is 0 Å². The van der Waals surface area contributed by atoms with Gasteiger partial charge < -0.3 is 5.32 Å². The number of likely N-dealkylation sites (N-methyl/N-ethyl adjacent to an activating group) is 1. The zero-order valence-electron chi connectivity index (χ0n) is 4.70. The minimum absolute atomic E-state index is 0.146. The first-order valence-electron chi connectivity index (χ1n) is 2.31. The van der Waals surface area contributed by atoms with Gasteiger partial charge in [0.2, 0.25) is 0 Å². The Hall–Kier alpha value is -0.310. The number of hydrogen-bond acceptors (Lipinski definition) is 1. The Balaban J connectivity index is 3.49. The number of nitrogens with one attached hydrogen (secondary N) is 1. The maximum Gasteiger partial charge on any atom is 0.257 e. The van der Waals surface area contributed by atoms with E-state index in [-0.39, 0.29) is 5.91 Å². The van der Waals surface area contributed by atoms with Gasteiger partial charge in [0.05, 0.1) is 4.48 Å². The number of amides is 1. The first-order valence-corrected chi connectivity index (χ1v) is 3.10. The van der Waals surface area contributed by atoms with E-state index in [0.717, 1.165) is 0 Å². The predicted molar refractivity (Wildman–Crippen MR) is 36.8 cm³/mol. The number of rotatable bonds is 2. The minimum Gasteiger partial charge on any atom is -0.352 e. The smallest absolute Gasteiger partial charge is 0.257 e. The van der Waals surface area contributed by atoms with Gasteiger partial charge in [-0.05, 0) is 22.9 Å². The molecule has 0 heterocycles. The van der Waals surface area contributed by atoms with Crippen molar-refractivity contribution in [2.75, 3.05) is 6.54 Å². The average Bonchev–Trinajstić information content (AvgIpc) is 1.67. The summed E-state index contributed by atoms with van der Waals surface area (Å²) in [4.78, 5) is 10.5. The highest BCUT2D eigenvalue weighted by Gasteiger charge is 1.97. The van der Waals surface area contributed by atoms with Crippen molar-refractivity contribution in [3.05, 3.63) is 11.1 Å². The van der Waals surface area contributed by atoms with Crippen LogP contribution in [0.15, 0.2) is 11.1 Å². The summed E-state index contributed by atoms with van der Waals surface area (Å²) in [6.07, 6.45) is 0.